The molecule has 1 saturated heterocycles. The molecule has 4 aromatic rings. The number of unbranched alkanes of at least 4 members (excludes halogenated alkanes) is 1. The van der Waals surface area contributed by atoms with Crippen LogP contribution in [0.3, 0.4) is 0 Å². The fourth-order valence-corrected chi connectivity index (χ4v) is 4.95. The van der Waals surface area contributed by atoms with E-state index in [2.05, 4.69) is 57.6 Å². The van der Waals surface area contributed by atoms with Crippen molar-refractivity contribution in [2.45, 2.75) is 12.8 Å². The molecular weight excluding hydrogens is 434 g/mol. The molecule has 180 valence electrons. The number of para-hydroxylation sites is 2. The monoisotopic (exact) mass is 467 g/mol. The molecule has 5 rings (SSSR count). The quantitative estimate of drug-likeness (QED) is 0.281. The van der Waals surface area contributed by atoms with E-state index in [1.54, 1.807) is 7.11 Å². The van der Waals surface area contributed by atoms with E-state index >= 15 is 0 Å². The van der Waals surface area contributed by atoms with Crippen molar-refractivity contribution in [3.63, 3.8) is 0 Å². The van der Waals surface area contributed by atoms with Crippen molar-refractivity contribution in [2.24, 2.45) is 0 Å². The first-order valence-electron chi connectivity index (χ1n) is 12.5. The second kappa shape index (κ2) is 10.8. The molecule has 1 N–H and O–H groups in total. The van der Waals surface area contributed by atoms with Crippen LogP contribution in [-0.4, -0.2) is 57.2 Å². The zero-order valence-electron chi connectivity index (χ0n) is 20.4. The van der Waals surface area contributed by atoms with E-state index in [1.165, 1.54) is 16.5 Å². The van der Waals surface area contributed by atoms with E-state index in [0.29, 0.717) is 6.54 Å². The number of fused-ring (bicyclic) bond motifs is 2. The lowest BCUT2D eigenvalue weighted by molar-refractivity contribution is 0.0952. The van der Waals surface area contributed by atoms with Crippen LogP contribution in [0, 0.1) is 0 Å². The largest absolute Gasteiger partial charge is 0.495 e. The molecule has 0 aromatic heterocycles. The lowest BCUT2D eigenvalue weighted by Gasteiger charge is -2.36. The Kier molecular flexibility index (Phi) is 7.15. The Balaban J connectivity index is 1.06. The Morgan fingerprint density at radius 2 is 1.49 bits per heavy atom. The van der Waals surface area contributed by atoms with Gasteiger partial charge in [-0.3, -0.25) is 9.69 Å². The van der Waals surface area contributed by atoms with Crippen LogP contribution in [0.4, 0.5) is 5.69 Å². The summed E-state index contributed by atoms with van der Waals surface area (Å²) in [7, 11) is 1.73. The number of piperazine rings is 1. The van der Waals surface area contributed by atoms with Crippen molar-refractivity contribution in [3.8, 4) is 5.75 Å². The summed E-state index contributed by atoms with van der Waals surface area (Å²) < 4.78 is 5.52. The highest BCUT2D eigenvalue weighted by Crippen LogP contribution is 2.28. The van der Waals surface area contributed by atoms with Gasteiger partial charge in [-0.25, -0.2) is 0 Å². The highest BCUT2D eigenvalue weighted by atomic mass is 16.5. The summed E-state index contributed by atoms with van der Waals surface area (Å²) in [5.41, 5.74) is 1.90. The van der Waals surface area contributed by atoms with E-state index < -0.39 is 0 Å². The smallest absolute Gasteiger partial charge is 0.251 e. The maximum atomic E-state index is 12.7. The highest BCUT2D eigenvalue weighted by Gasteiger charge is 2.19. The molecule has 1 aliphatic rings. The average Bonchev–Trinajstić information content (AvgIpc) is 2.91. The van der Waals surface area contributed by atoms with Crippen molar-refractivity contribution in [2.75, 3.05) is 51.3 Å². The summed E-state index contributed by atoms with van der Waals surface area (Å²) >= 11 is 0. The first kappa shape index (κ1) is 23.2. The third kappa shape index (κ3) is 5.41. The van der Waals surface area contributed by atoms with Gasteiger partial charge < -0.3 is 15.0 Å². The van der Waals surface area contributed by atoms with Crippen LogP contribution in [0.25, 0.3) is 21.5 Å². The van der Waals surface area contributed by atoms with Crippen molar-refractivity contribution >= 4 is 33.1 Å². The third-order valence-corrected chi connectivity index (χ3v) is 6.95. The molecule has 0 aliphatic carbocycles. The average molecular weight is 468 g/mol. The summed E-state index contributed by atoms with van der Waals surface area (Å²) in [6.07, 6.45) is 2.06. The van der Waals surface area contributed by atoms with Crippen molar-refractivity contribution in [1.82, 2.24) is 10.2 Å². The number of carbonyl (C=O) groups excluding carboxylic acids is 1. The molecule has 0 saturated carbocycles. The van der Waals surface area contributed by atoms with E-state index in [1.807, 2.05) is 36.4 Å². The van der Waals surface area contributed by atoms with Gasteiger partial charge in [0, 0.05) is 38.3 Å². The highest BCUT2D eigenvalue weighted by molar-refractivity contribution is 6.03. The molecule has 35 heavy (non-hydrogen) atoms. The van der Waals surface area contributed by atoms with Crippen LogP contribution in [0.15, 0.2) is 78.9 Å². The lowest BCUT2D eigenvalue weighted by Crippen LogP contribution is -2.46. The number of benzene rings is 4. The fourth-order valence-electron chi connectivity index (χ4n) is 4.95. The fraction of sp³-hybridized carbons (Fsp3) is 0.300. The van der Waals surface area contributed by atoms with E-state index in [4.69, 9.17) is 4.74 Å². The summed E-state index contributed by atoms with van der Waals surface area (Å²) in [6, 6.07) is 26.9. The van der Waals surface area contributed by atoms with Gasteiger partial charge in [-0.1, -0.05) is 42.5 Å². The molecule has 1 aliphatic heterocycles. The van der Waals surface area contributed by atoms with E-state index in [9.17, 15) is 4.79 Å². The van der Waals surface area contributed by atoms with Gasteiger partial charge in [-0.2, -0.15) is 0 Å². The molecule has 5 nitrogen and oxygen atoms in total. The summed E-state index contributed by atoms with van der Waals surface area (Å²) in [5, 5.41) is 7.78. The van der Waals surface area contributed by atoms with Gasteiger partial charge in [-0.05, 0) is 77.3 Å². The molecule has 0 atom stereocenters. The number of anilines is 1. The molecule has 1 amide bonds. The van der Waals surface area contributed by atoms with Crippen LogP contribution in [0.5, 0.6) is 5.75 Å². The molecule has 0 bridgehead atoms. The Morgan fingerprint density at radius 3 is 2.26 bits per heavy atom. The SMILES string of the molecule is COc1ccccc1N1CCN(CCCCNC(=O)c2ccc3cc4ccccc4cc3c2)CC1. The molecule has 5 heteroatoms. The number of hydrogen-bond donors (Lipinski definition) is 1. The van der Waals surface area contributed by atoms with Crippen LogP contribution < -0.4 is 15.0 Å². The van der Waals surface area contributed by atoms with Crippen LogP contribution in [0.2, 0.25) is 0 Å². The lowest BCUT2D eigenvalue weighted by atomic mass is 10.0. The topological polar surface area (TPSA) is 44.8 Å². The summed E-state index contributed by atoms with van der Waals surface area (Å²) in [5.74, 6) is 0.946. The Morgan fingerprint density at radius 1 is 0.800 bits per heavy atom. The van der Waals surface area contributed by atoms with Crippen LogP contribution in [-0.2, 0) is 0 Å². The number of carbonyl (C=O) groups is 1. The maximum Gasteiger partial charge on any atom is 0.251 e. The Bertz CT molecular complexity index is 1310. The van der Waals surface area contributed by atoms with Crippen molar-refractivity contribution in [3.05, 3.63) is 84.4 Å². The minimum absolute atomic E-state index is 0.00508. The van der Waals surface area contributed by atoms with Gasteiger partial charge in [0.15, 0.2) is 0 Å². The maximum absolute atomic E-state index is 12.7. The van der Waals surface area contributed by atoms with Gasteiger partial charge in [-0.15, -0.1) is 0 Å². The second-order valence-electron chi connectivity index (χ2n) is 9.22. The minimum Gasteiger partial charge on any atom is -0.495 e. The summed E-state index contributed by atoms with van der Waals surface area (Å²) in [4.78, 5) is 17.6. The molecule has 0 spiro atoms. The van der Waals surface area contributed by atoms with Crippen LogP contribution >= 0.6 is 0 Å². The van der Waals surface area contributed by atoms with Gasteiger partial charge in [0.2, 0.25) is 0 Å². The van der Waals surface area contributed by atoms with E-state index in [-0.39, 0.29) is 5.91 Å². The zero-order chi connectivity index (χ0) is 24.0. The molecule has 1 heterocycles. The normalized spacial score (nSPS) is 14.4. The van der Waals surface area contributed by atoms with Crippen molar-refractivity contribution in [1.29, 1.82) is 0 Å². The van der Waals surface area contributed by atoms with Gasteiger partial charge in [0.25, 0.3) is 5.91 Å². The van der Waals surface area contributed by atoms with E-state index in [0.717, 1.165) is 67.7 Å². The first-order chi connectivity index (χ1) is 17.2. The number of ether oxygens (including phenoxy) is 1. The number of amides is 1. The predicted octanol–water partition coefficient (Wildman–Crippen LogP) is 5.33. The first-order valence-corrected chi connectivity index (χ1v) is 12.5. The predicted molar refractivity (Wildman–Crippen MR) is 145 cm³/mol. The molecule has 1 fully saturated rings. The molecular formula is C30H33N3O2. The molecule has 4 aromatic carbocycles. The zero-order valence-corrected chi connectivity index (χ0v) is 20.4. The number of nitrogens with one attached hydrogen (secondary N) is 1. The number of rotatable bonds is 8. The van der Waals surface area contributed by atoms with Gasteiger partial charge in [0.05, 0.1) is 12.8 Å². The number of methoxy groups -OCH3 is 1. The molecule has 0 unspecified atom stereocenters. The van der Waals surface area contributed by atoms with Gasteiger partial charge in [0.1, 0.15) is 5.75 Å². The number of hydrogen-bond acceptors (Lipinski definition) is 4. The van der Waals surface area contributed by atoms with Gasteiger partial charge >= 0.3 is 0 Å². The summed E-state index contributed by atoms with van der Waals surface area (Å²) in [6.45, 7) is 5.89. The Labute approximate surface area is 207 Å². The second-order valence-corrected chi connectivity index (χ2v) is 9.22. The third-order valence-electron chi connectivity index (χ3n) is 6.95. The number of nitrogens with zero attached hydrogens (tertiary/aromatic N) is 2. The Hall–Kier alpha value is -3.57. The molecule has 0 radical (unpaired) electrons. The van der Waals surface area contributed by atoms with Crippen molar-refractivity contribution < 1.29 is 9.53 Å². The standard InChI is InChI=1S/C30H33N3O2/c1-35-29-11-5-4-10-28(29)33-18-16-32(17-19-33)15-7-6-14-31-30(34)26-13-12-25-20-23-8-2-3-9-24(23)21-27(25)22-26/h2-5,8-13,20-22H,6-7,14-19H2,1H3,(H,31,34). The van der Waals surface area contributed by atoms with Crippen LogP contribution in [0.1, 0.15) is 23.2 Å². The minimum atomic E-state index is 0.00508.